The van der Waals surface area contributed by atoms with Gasteiger partial charge in [0.15, 0.2) is 0 Å². The number of ether oxygens (including phenoxy) is 1. The third-order valence-electron chi connectivity index (χ3n) is 5.12. The summed E-state index contributed by atoms with van der Waals surface area (Å²) in [6, 6.07) is 6.88. The zero-order chi connectivity index (χ0) is 22.5. The van der Waals surface area contributed by atoms with Crippen molar-refractivity contribution in [3.63, 3.8) is 0 Å². The highest BCUT2D eigenvalue weighted by molar-refractivity contribution is 6.03. The van der Waals surface area contributed by atoms with Gasteiger partial charge in [0.05, 0.1) is 11.8 Å². The van der Waals surface area contributed by atoms with Gasteiger partial charge in [0.1, 0.15) is 46.4 Å². The Morgan fingerprint density at radius 1 is 1.03 bits per heavy atom. The third kappa shape index (κ3) is 4.88. The van der Waals surface area contributed by atoms with Crippen molar-refractivity contribution in [2.75, 3.05) is 18.4 Å². The van der Waals surface area contributed by atoms with Crippen molar-refractivity contribution >= 4 is 11.6 Å². The maximum Gasteiger partial charge on any atom is 0.274 e. The molecule has 0 bridgehead atoms. The number of anilines is 1. The molecule has 32 heavy (non-hydrogen) atoms. The van der Waals surface area contributed by atoms with Gasteiger partial charge in [0, 0.05) is 12.3 Å². The van der Waals surface area contributed by atoms with Crippen molar-refractivity contribution < 1.29 is 22.7 Å². The summed E-state index contributed by atoms with van der Waals surface area (Å²) in [5.41, 5.74) is -1.11. The summed E-state index contributed by atoms with van der Waals surface area (Å²) in [6.45, 7) is 1.77. The molecule has 1 amide bonds. The second-order valence-corrected chi connectivity index (χ2v) is 7.37. The normalized spacial score (nSPS) is 16.3. The summed E-state index contributed by atoms with van der Waals surface area (Å²) in [5.74, 6) is -3.14. The minimum absolute atomic E-state index is 0.0115. The second kappa shape index (κ2) is 9.78. The summed E-state index contributed by atoms with van der Waals surface area (Å²) in [7, 11) is 0. The Morgan fingerprint density at radius 3 is 2.66 bits per heavy atom. The first-order chi connectivity index (χ1) is 15.5. The molecule has 9 heteroatoms. The molecular weight excluding hydrogens is 421 g/mol. The summed E-state index contributed by atoms with van der Waals surface area (Å²) in [4.78, 5) is 20.7. The van der Waals surface area contributed by atoms with Crippen LogP contribution in [0.2, 0.25) is 0 Å². The first-order valence-electron chi connectivity index (χ1n) is 10.3. The van der Waals surface area contributed by atoms with Crippen molar-refractivity contribution in [3.8, 4) is 17.0 Å². The molecule has 2 N–H and O–H groups in total. The largest absolute Gasteiger partial charge is 0.488 e. The lowest BCUT2D eigenvalue weighted by molar-refractivity contribution is 0.102. The SMILES string of the molecule is O=C(Nc1cnccc1OC1CCCNCC1)c1ccc(F)c(-c2c(F)cccc2F)n1. The van der Waals surface area contributed by atoms with Crippen LogP contribution in [0.5, 0.6) is 5.75 Å². The van der Waals surface area contributed by atoms with Gasteiger partial charge in [-0.05, 0) is 56.6 Å². The summed E-state index contributed by atoms with van der Waals surface area (Å²) in [5, 5.41) is 5.95. The highest BCUT2D eigenvalue weighted by Crippen LogP contribution is 2.29. The summed E-state index contributed by atoms with van der Waals surface area (Å²) in [6.07, 6.45) is 5.65. The van der Waals surface area contributed by atoms with Crippen molar-refractivity contribution in [1.29, 1.82) is 0 Å². The van der Waals surface area contributed by atoms with E-state index in [9.17, 15) is 18.0 Å². The van der Waals surface area contributed by atoms with E-state index in [4.69, 9.17) is 4.74 Å². The molecule has 3 heterocycles. The van der Waals surface area contributed by atoms with Gasteiger partial charge < -0.3 is 15.4 Å². The van der Waals surface area contributed by atoms with Crippen LogP contribution in [0.25, 0.3) is 11.3 Å². The standard InChI is InChI=1S/C23H21F3N4O2/c24-15-4-1-5-16(25)21(15)22-17(26)6-7-18(29-22)23(31)30-19-13-28-12-9-20(19)32-14-3-2-10-27-11-8-14/h1,4-7,9,12-14,27H,2-3,8,10-11H2,(H,30,31). The first kappa shape index (κ1) is 21.8. The number of nitrogens with one attached hydrogen (secondary N) is 2. The van der Waals surface area contributed by atoms with Crippen molar-refractivity contribution in [2.45, 2.75) is 25.4 Å². The highest BCUT2D eigenvalue weighted by atomic mass is 19.1. The van der Waals surface area contributed by atoms with Crippen molar-refractivity contribution in [2.24, 2.45) is 0 Å². The number of amides is 1. The molecule has 1 saturated heterocycles. The zero-order valence-corrected chi connectivity index (χ0v) is 17.1. The van der Waals surface area contributed by atoms with E-state index in [1.54, 1.807) is 12.3 Å². The summed E-state index contributed by atoms with van der Waals surface area (Å²) < 4.78 is 48.6. The van der Waals surface area contributed by atoms with Gasteiger partial charge >= 0.3 is 0 Å². The molecule has 166 valence electrons. The molecule has 1 unspecified atom stereocenters. The lowest BCUT2D eigenvalue weighted by Crippen LogP contribution is -2.21. The minimum atomic E-state index is -0.977. The van der Waals surface area contributed by atoms with E-state index in [0.29, 0.717) is 11.4 Å². The Bertz CT molecular complexity index is 1100. The Morgan fingerprint density at radius 2 is 1.84 bits per heavy atom. The quantitative estimate of drug-likeness (QED) is 0.615. The molecule has 1 aliphatic heterocycles. The van der Waals surface area contributed by atoms with Crippen LogP contribution in [-0.2, 0) is 0 Å². The van der Waals surface area contributed by atoms with E-state index in [1.165, 1.54) is 6.20 Å². The fourth-order valence-electron chi connectivity index (χ4n) is 3.52. The average molecular weight is 442 g/mol. The smallest absolute Gasteiger partial charge is 0.274 e. The number of pyridine rings is 2. The van der Waals surface area contributed by atoms with Gasteiger partial charge in [0.2, 0.25) is 0 Å². The van der Waals surface area contributed by atoms with Crippen LogP contribution in [0.4, 0.5) is 18.9 Å². The number of carbonyl (C=O) groups is 1. The average Bonchev–Trinajstić information content (AvgIpc) is 3.05. The second-order valence-electron chi connectivity index (χ2n) is 7.37. The minimum Gasteiger partial charge on any atom is -0.488 e. The molecule has 1 atom stereocenters. The van der Waals surface area contributed by atoms with Crippen LogP contribution in [0.15, 0.2) is 48.8 Å². The van der Waals surface area contributed by atoms with Gasteiger partial charge in [-0.3, -0.25) is 9.78 Å². The number of benzene rings is 1. The number of carbonyl (C=O) groups excluding carboxylic acids is 1. The van der Waals surface area contributed by atoms with Crippen molar-refractivity contribution in [3.05, 3.63) is 71.9 Å². The zero-order valence-electron chi connectivity index (χ0n) is 17.1. The van der Waals surface area contributed by atoms with Crippen LogP contribution in [0.3, 0.4) is 0 Å². The molecule has 4 rings (SSSR count). The topological polar surface area (TPSA) is 76.1 Å². The van der Waals surface area contributed by atoms with Crippen molar-refractivity contribution in [1.82, 2.24) is 15.3 Å². The van der Waals surface area contributed by atoms with E-state index in [-0.39, 0.29) is 11.8 Å². The fourth-order valence-corrected chi connectivity index (χ4v) is 3.52. The molecular formula is C23H21F3N4O2. The number of hydrogen-bond acceptors (Lipinski definition) is 5. The fraction of sp³-hybridized carbons (Fsp3) is 0.261. The molecule has 1 aromatic carbocycles. The van der Waals surface area contributed by atoms with E-state index in [1.807, 2.05) is 0 Å². The van der Waals surface area contributed by atoms with E-state index in [0.717, 1.165) is 62.7 Å². The Balaban J connectivity index is 1.58. The number of aromatic nitrogens is 2. The predicted molar refractivity (Wildman–Crippen MR) is 113 cm³/mol. The molecule has 1 fully saturated rings. The van der Waals surface area contributed by atoms with E-state index in [2.05, 4.69) is 20.6 Å². The lowest BCUT2D eigenvalue weighted by atomic mass is 10.1. The molecule has 0 radical (unpaired) electrons. The van der Waals surface area contributed by atoms with Crippen LogP contribution in [0, 0.1) is 17.5 Å². The molecule has 0 saturated carbocycles. The van der Waals surface area contributed by atoms with Crippen LogP contribution >= 0.6 is 0 Å². The Kier molecular flexibility index (Phi) is 6.65. The lowest BCUT2D eigenvalue weighted by Gasteiger charge is -2.19. The first-order valence-corrected chi connectivity index (χ1v) is 10.3. The van der Waals surface area contributed by atoms with Crippen LogP contribution in [0.1, 0.15) is 29.8 Å². The Labute approximate surface area is 182 Å². The van der Waals surface area contributed by atoms with Gasteiger partial charge in [-0.1, -0.05) is 6.07 Å². The van der Waals surface area contributed by atoms with E-state index >= 15 is 0 Å². The van der Waals surface area contributed by atoms with Crippen LogP contribution in [-0.4, -0.2) is 35.1 Å². The molecule has 2 aromatic heterocycles. The monoisotopic (exact) mass is 442 g/mol. The number of hydrogen-bond donors (Lipinski definition) is 2. The maximum absolute atomic E-state index is 14.3. The molecule has 0 spiro atoms. The molecule has 3 aromatic rings. The Hall–Kier alpha value is -3.46. The van der Waals surface area contributed by atoms with Crippen LogP contribution < -0.4 is 15.4 Å². The number of halogens is 3. The molecule has 0 aliphatic carbocycles. The highest BCUT2D eigenvalue weighted by Gasteiger charge is 2.21. The van der Waals surface area contributed by atoms with E-state index < -0.39 is 34.6 Å². The van der Waals surface area contributed by atoms with Gasteiger partial charge in [-0.2, -0.15) is 0 Å². The maximum atomic E-state index is 14.3. The number of rotatable bonds is 5. The molecule has 1 aliphatic rings. The number of nitrogens with zero attached hydrogens (tertiary/aromatic N) is 2. The third-order valence-corrected chi connectivity index (χ3v) is 5.12. The van der Waals surface area contributed by atoms with Gasteiger partial charge in [0.25, 0.3) is 5.91 Å². The molecule has 6 nitrogen and oxygen atoms in total. The summed E-state index contributed by atoms with van der Waals surface area (Å²) >= 11 is 0. The van der Waals surface area contributed by atoms with Gasteiger partial charge in [-0.15, -0.1) is 0 Å². The van der Waals surface area contributed by atoms with Gasteiger partial charge in [-0.25, -0.2) is 18.2 Å². The predicted octanol–water partition coefficient (Wildman–Crippen LogP) is 4.33.